The Bertz CT molecular complexity index is 834. The fourth-order valence-corrected chi connectivity index (χ4v) is 3.26. The fourth-order valence-electron chi connectivity index (χ4n) is 1.66. The van der Waals surface area contributed by atoms with Crippen molar-refractivity contribution in [2.75, 3.05) is 0 Å². The zero-order valence-electron chi connectivity index (χ0n) is 11.0. The van der Waals surface area contributed by atoms with Gasteiger partial charge in [-0.25, -0.2) is 22.8 Å². The number of aryl methyl sites for hydroxylation is 1. The number of rotatable bonds is 5. The van der Waals surface area contributed by atoms with Gasteiger partial charge in [-0.15, -0.1) is 5.10 Å². The van der Waals surface area contributed by atoms with Gasteiger partial charge in [0.2, 0.25) is 0 Å². The van der Waals surface area contributed by atoms with Crippen LogP contribution in [0.2, 0.25) is 0 Å². The molecule has 0 aromatic carbocycles. The highest BCUT2D eigenvalue weighted by Gasteiger charge is 2.17. The maximum atomic E-state index is 12.0. The number of nitrogens with one attached hydrogen (secondary N) is 1. The third-order valence-electron chi connectivity index (χ3n) is 2.71. The molecule has 0 radical (unpaired) electrons. The van der Waals surface area contributed by atoms with Gasteiger partial charge in [-0.3, -0.25) is 0 Å². The van der Waals surface area contributed by atoms with E-state index in [0.717, 1.165) is 5.69 Å². The summed E-state index contributed by atoms with van der Waals surface area (Å²) >= 11 is 1.55. The van der Waals surface area contributed by atoms with E-state index >= 15 is 0 Å². The van der Waals surface area contributed by atoms with Crippen molar-refractivity contribution in [3.8, 4) is 5.69 Å². The summed E-state index contributed by atoms with van der Waals surface area (Å²) in [6.07, 6.45) is 4.55. The number of sulfonamides is 1. The van der Waals surface area contributed by atoms with Crippen LogP contribution in [-0.2, 0) is 23.6 Å². The maximum Gasteiger partial charge on any atom is 0.259 e. The third kappa shape index (κ3) is 3.01. The van der Waals surface area contributed by atoms with Gasteiger partial charge in [-0.05, 0) is 11.4 Å². The van der Waals surface area contributed by atoms with Gasteiger partial charge in [0.1, 0.15) is 0 Å². The number of thiophene rings is 1. The van der Waals surface area contributed by atoms with Gasteiger partial charge in [-0.1, -0.05) is 5.21 Å². The maximum absolute atomic E-state index is 12.0. The van der Waals surface area contributed by atoms with Crippen molar-refractivity contribution >= 4 is 21.4 Å². The number of hydrogen-bond donors (Lipinski definition) is 1. The molecule has 0 fully saturated rings. The summed E-state index contributed by atoms with van der Waals surface area (Å²) in [5, 5.41) is 11.7. The number of nitrogens with zero attached hydrogens (tertiary/aromatic N) is 5. The van der Waals surface area contributed by atoms with E-state index in [1.807, 2.05) is 16.8 Å². The molecule has 8 nitrogen and oxygen atoms in total. The molecule has 0 unspecified atom stereocenters. The van der Waals surface area contributed by atoms with E-state index in [0.29, 0.717) is 5.69 Å². The predicted octanol–water partition coefficient (Wildman–Crippen LogP) is 0.541. The monoisotopic (exact) mass is 324 g/mol. The molecule has 0 atom stereocenters. The second-order valence-corrected chi connectivity index (χ2v) is 6.83. The van der Waals surface area contributed by atoms with Gasteiger partial charge in [-0.2, -0.15) is 11.3 Å². The van der Waals surface area contributed by atoms with Crippen molar-refractivity contribution in [2.45, 2.75) is 11.6 Å². The normalized spacial score (nSPS) is 11.9. The molecule has 0 aliphatic rings. The standard InChI is InChI=1S/C11H12N6O2S2/c1-16-6-11(12-8-16)21(18,19)13-4-9-5-17(15-14-9)10-2-3-20-7-10/h2-3,5-8,13H,4H2,1H3. The lowest BCUT2D eigenvalue weighted by molar-refractivity contribution is 0.577. The molecule has 0 bridgehead atoms. The molecule has 3 aromatic rings. The first-order valence-corrected chi connectivity index (χ1v) is 8.38. The zero-order valence-corrected chi connectivity index (χ0v) is 12.7. The van der Waals surface area contributed by atoms with Crippen molar-refractivity contribution in [3.63, 3.8) is 0 Å². The molecule has 3 heterocycles. The van der Waals surface area contributed by atoms with Crippen LogP contribution >= 0.6 is 11.3 Å². The molecule has 10 heteroatoms. The van der Waals surface area contributed by atoms with Crippen LogP contribution in [0.5, 0.6) is 0 Å². The highest BCUT2D eigenvalue weighted by Crippen LogP contribution is 2.11. The minimum absolute atomic E-state index is 0.0183. The summed E-state index contributed by atoms with van der Waals surface area (Å²) in [4.78, 5) is 3.82. The Morgan fingerprint density at radius 2 is 2.24 bits per heavy atom. The molecule has 0 spiro atoms. The summed E-state index contributed by atoms with van der Waals surface area (Å²) in [7, 11) is -1.93. The van der Waals surface area contributed by atoms with Crippen molar-refractivity contribution in [1.82, 2.24) is 29.3 Å². The lowest BCUT2D eigenvalue weighted by Gasteiger charge is -2.01. The van der Waals surface area contributed by atoms with Crippen LogP contribution < -0.4 is 4.72 Å². The summed E-state index contributed by atoms with van der Waals surface area (Å²) in [6.45, 7) is 0.0586. The first-order chi connectivity index (χ1) is 10.0. The zero-order chi connectivity index (χ0) is 14.9. The molecule has 3 aromatic heterocycles. The van der Waals surface area contributed by atoms with Crippen molar-refractivity contribution in [3.05, 3.63) is 41.2 Å². The highest BCUT2D eigenvalue weighted by molar-refractivity contribution is 7.89. The first kappa shape index (κ1) is 13.9. The van der Waals surface area contributed by atoms with E-state index in [2.05, 4.69) is 20.0 Å². The Morgan fingerprint density at radius 3 is 2.90 bits per heavy atom. The average molecular weight is 324 g/mol. The van der Waals surface area contributed by atoms with Crippen LogP contribution in [0.4, 0.5) is 0 Å². The smallest absolute Gasteiger partial charge is 0.259 e. The SMILES string of the molecule is Cn1cnc(S(=O)(=O)NCc2cn(-c3ccsc3)nn2)c1. The molecular weight excluding hydrogens is 312 g/mol. The minimum Gasteiger partial charge on any atom is -0.339 e. The van der Waals surface area contributed by atoms with E-state index in [4.69, 9.17) is 0 Å². The molecule has 21 heavy (non-hydrogen) atoms. The Kier molecular flexibility index (Phi) is 3.57. The molecule has 0 saturated carbocycles. The van der Waals surface area contributed by atoms with Crippen molar-refractivity contribution < 1.29 is 8.42 Å². The number of hydrogen-bond acceptors (Lipinski definition) is 6. The summed E-state index contributed by atoms with van der Waals surface area (Å²) < 4.78 is 29.6. The molecule has 0 aliphatic carbocycles. The topological polar surface area (TPSA) is 94.7 Å². The minimum atomic E-state index is -3.64. The summed E-state index contributed by atoms with van der Waals surface area (Å²) in [5.74, 6) is 0. The Balaban J connectivity index is 1.71. The van der Waals surface area contributed by atoms with Gasteiger partial charge >= 0.3 is 0 Å². The second kappa shape index (κ2) is 5.39. The lowest BCUT2D eigenvalue weighted by Crippen LogP contribution is -2.23. The van der Waals surface area contributed by atoms with Gasteiger partial charge < -0.3 is 4.57 Å². The van der Waals surface area contributed by atoms with Gasteiger partial charge in [0.05, 0.1) is 30.5 Å². The van der Waals surface area contributed by atoms with Gasteiger partial charge in [0, 0.05) is 18.6 Å². The summed E-state index contributed by atoms with van der Waals surface area (Å²) in [5.41, 5.74) is 1.42. The Labute approximate surface area is 125 Å². The first-order valence-electron chi connectivity index (χ1n) is 5.96. The van der Waals surface area contributed by atoms with E-state index < -0.39 is 10.0 Å². The fraction of sp³-hybridized carbons (Fsp3) is 0.182. The van der Waals surface area contributed by atoms with E-state index in [-0.39, 0.29) is 11.6 Å². The van der Waals surface area contributed by atoms with Crippen LogP contribution in [0.15, 0.2) is 40.6 Å². The Morgan fingerprint density at radius 1 is 1.38 bits per heavy atom. The molecule has 0 aliphatic heterocycles. The average Bonchev–Trinajstić information content (AvgIpc) is 3.17. The molecule has 0 amide bonds. The second-order valence-electron chi connectivity index (χ2n) is 4.34. The molecule has 3 rings (SSSR count). The lowest BCUT2D eigenvalue weighted by atomic mass is 10.5. The van der Waals surface area contributed by atoms with Gasteiger partial charge in [0.25, 0.3) is 10.0 Å². The number of aromatic nitrogens is 5. The molecule has 110 valence electrons. The van der Waals surface area contributed by atoms with E-state index in [9.17, 15) is 8.42 Å². The largest absolute Gasteiger partial charge is 0.339 e. The highest BCUT2D eigenvalue weighted by atomic mass is 32.2. The molecule has 0 saturated heterocycles. The third-order valence-corrected chi connectivity index (χ3v) is 4.67. The molecule has 1 N–H and O–H groups in total. The van der Waals surface area contributed by atoms with Crippen molar-refractivity contribution in [2.24, 2.45) is 7.05 Å². The number of imidazole rings is 1. The van der Waals surface area contributed by atoms with E-state index in [1.54, 1.807) is 33.8 Å². The quantitative estimate of drug-likeness (QED) is 0.739. The predicted molar refractivity (Wildman–Crippen MR) is 76.5 cm³/mol. The van der Waals surface area contributed by atoms with Crippen LogP contribution in [0, 0.1) is 0 Å². The van der Waals surface area contributed by atoms with E-state index in [1.165, 1.54) is 12.5 Å². The Hall–Kier alpha value is -2.04. The summed E-state index contributed by atoms with van der Waals surface area (Å²) in [6, 6.07) is 1.90. The molecular formula is C11H12N6O2S2. The van der Waals surface area contributed by atoms with Crippen LogP contribution in [-0.4, -0.2) is 33.0 Å². The van der Waals surface area contributed by atoms with Crippen LogP contribution in [0.3, 0.4) is 0 Å². The van der Waals surface area contributed by atoms with Crippen molar-refractivity contribution in [1.29, 1.82) is 0 Å². The van der Waals surface area contributed by atoms with Crippen LogP contribution in [0.25, 0.3) is 5.69 Å². The van der Waals surface area contributed by atoms with Crippen LogP contribution in [0.1, 0.15) is 5.69 Å². The van der Waals surface area contributed by atoms with Gasteiger partial charge in [0.15, 0.2) is 5.03 Å².